The predicted octanol–water partition coefficient (Wildman–Crippen LogP) is 4.41. The van der Waals surface area contributed by atoms with E-state index >= 15 is 0 Å². The first kappa shape index (κ1) is 19.2. The molecule has 1 fully saturated rings. The zero-order chi connectivity index (χ0) is 19.1. The fraction of sp³-hybridized carbons (Fsp3) is 0.333. The topological polar surface area (TPSA) is 61.4 Å². The van der Waals surface area contributed by atoms with E-state index in [-0.39, 0.29) is 18.4 Å². The van der Waals surface area contributed by atoms with E-state index in [1.165, 1.54) is 12.8 Å². The van der Waals surface area contributed by atoms with E-state index in [1.807, 2.05) is 41.3 Å². The van der Waals surface area contributed by atoms with Crippen LogP contribution in [0, 0.1) is 0 Å². The number of rotatable bonds is 5. The Bertz CT molecular complexity index is 784. The molecular formula is C21H24ClN3O2. The number of carbonyl (C=O) groups excluding carboxylic acids is 2. The number of hydrogen-bond donors (Lipinski definition) is 2. The van der Waals surface area contributed by atoms with Gasteiger partial charge in [0.1, 0.15) is 0 Å². The minimum absolute atomic E-state index is 0.0833. The monoisotopic (exact) mass is 385 g/mol. The van der Waals surface area contributed by atoms with Gasteiger partial charge in [0.15, 0.2) is 0 Å². The molecule has 0 bridgehead atoms. The van der Waals surface area contributed by atoms with Gasteiger partial charge in [-0.3, -0.25) is 9.59 Å². The SMILES string of the molecule is O=C(CNc1ccc(C(=O)N2CCCCCC2)cc1)Nc1ccccc1Cl. The molecule has 0 saturated carbocycles. The van der Waals surface area contributed by atoms with Crippen LogP contribution in [0.3, 0.4) is 0 Å². The molecule has 142 valence electrons. The van der Waals surface area contributed by atoms with E-state index in [0.717, 1.165) is 31.6 Å². The molecule has 2 aromatic rings. The van der Waals surface area contributed by atoms with Crippen LogP contribution in [0.25, 0.3) is 0 Å². The summed E-state index contributed by atoms with van der Waals surface area (Å²) in [6, 6.07) is 14.4. The summed E-state index contributed by atoms with van der Waals surface area (Å²) in [5.74, 6) is -0.104. The van der Waals surface area contributed by atoms with Crippen molar-refractivity contribution < 1.29 is 9.59 Å². The van der Waals surface area contributed by atoms with Gasteiger partial charge in [0.05, 0.1) is 17.3 Å². The van der Waals surface area contributed by atoms with Gasteiger partial charge in [-0.05, 0) is 49.2 Å². The van der Waals surface area contributed by atoms with Crippen LogP contribution in [0.15, 0.2) is 48.5 Å². The van der Waals surface area contributed by atoms with Gasteiger partial charge >= 0.3 is 0 Å². The van der Waals surface area contributed by atoms with Crippen LogP contribution < -0.4 is 10.6 Å². The second-order valence-electron chi connectivity index (χ2n) is 6.67. The highest BCUT2D eigenvalue weighted by Crippen LogP contribution is 2.20. The second-order valence-corrected chi connectivity index (χ2v) is 7.07. The quantitative estimate of drug-likeness (QED) is 0.801. The highest BCUT2D eigenvalue weighted by molar-refractivity contribution is 6.33. The highest BCUT2D eigenvalue weighted by atomic mass is 35.5. The van der Waals surface area contributed by atoms with Crippen LogP contribution in [-0.4, -0.2) is 36.3 Å². The van der Waals surface area contributed by atoms with E-state index in [0.29, 0.717) is 16.3 Å². The van der Waals surface area contributed by atoms with Crippen molar-refractivity contribution in [3.05, 3.63) is 59.1 Å². The average Bonchev–Trinajstić information content (AvgIpc) is 2.97. The minimum Gasteiger partial charge on any atom is -0.376 e. The highest BCUT2D eigenvalue weighted by Gasteiger charge is 2.17. The van der Waals surface area contributed by atoms with Crippen LogP contribution in [0.4, 0.5) is 11.4 Å². The summed E-state index contributed by atoms with van der Waals surface area (Å²) >= 11 is 6.04. The molecule has 0 aliphatic carbocycles. The maximum absolute atomic E-state index is 12.6. The number of nitrogens with zero attached hydrogens (tertiary/aromatic N) is 1. The number of benzene rings is 2. The van der Waals surface area contributed by atoms with Crippen LogP contribution in [0.5, 0.6) is 0 Å². The Kier molecular flexibility index (Phi) is 6.71. The molecule has 0 unspecified atom stereocenters. The first-order valence-corrected chi connectivity index (χ1v) is 9.69. The largest absolute Gasteiger partial charge is 0.376 e. The van der Waals surface area contributed by atoms with Gasteiger partial charge in [-0.15, -0.1) is 0 Å². The first-order valence-electron chi connectivity index (χ1n) is 9.31. The number of amides is 2. The molecule has 0 spiro atoms. The summed E-state index contributed by atoms with van der Waals surface area (Å²) in [4.78, 5) is 26.6. The van der Waals surface area contributed by atoms with Crippen molar-refractivity contribution >= 4 is 34.8 Å². The molecule has 6 heteroatoms. The number of nitrogens with one attached hydrogen (secondary N) is 2. The molecular weight excluding hydrogens is 362 g/mol. The Morgan fingerprint density at radius 3 is 2.26 bits per heavy atom. The zero-order valence-corrected chi connectivity index (χ0v) is 16.0. The number of carbonyl (C=O) groups is 2. The molecule has 5 nitrogen and oxygen atoms in total. The van der Waals surface area contributed by atoms with Crippen LogP contribution >= 0.6 is 11.6 Å². The number of halogens is 1. The summed E-state index contributed by atoms with van der Waals surface area (Å²) < 4.78 is 0. The number of anilines is 2. The molecule has 2 aromatic carbocycles. The summed E-state index contributed by atoms with van der Waals surface area (Å²) in [6.45, 7) is 1.78. The third-order valence-corrected chi connectivity index (χ3v) is 4.96. The Morgan fingerprint density at radius 2 is 1.59 bits per heavy atom. The number of hydrogen-bond acceptors (Lipinski definition) is 3. The lowest BCUT2D eigenvalue weighted by Gasteiger charge is -2.20. The summed E-state index contributed by atoms with van der Waals surface area (Å²) in [7, 11) is 0. The Hall–Kier alpha value is -2.53. The summed E-state index contributed by atoms with van der Waals surface area (Å²) in [5, 5.41) is 6.33. The van der Waals surface area contributed by atoms with E-state index < -0.39 is 0 Å². The van der Waals surface area contributed by atoms with Gasteiger partial charge in [-0.1, -0.05) is 36.6 Å². The number of likely N-dealkylation sites (tertiary alicyclic amines) is 1. The second kappa shape index (κ2) is 9.42. The summed E-state index contributed by atoms with van der Waals surface area (Å²) in [5.41, 5.74) is 2.06. The maximum Gasteiger partial charge on any atom is 0.253 e. The summed E-state index contributed by atoms with van der Waals surface area (Å²) in [6.07, 6.45) is 4.55. The lowest BCUT2D eigenvalue weighted by atomic mass is 10.1. The zero-order valence-electron chi connectivity index (χ0n) is 15.2. The molecule has 1 saturated heterocycles. The molecule has 0 aromatic heterocycles. The number of para-hydroxylation sites is 1. The fourth-order valence-corrected chi connectivity index (χ4v) is 3.31. The minimum atomic E-state index is -0.187. The van der Waals surface area contributed by atoms with Crippen molar-refractivity contribution in [2.45, 2.75) is 25.7 Å². The van der Waals surface area contributed by atoms with Crippen molar-refractivity contribution in [2.24, 2.45) is 0 Å². The Labute approximate surface area is 164 Å². The third kappa shape index (κ3) is 5.47. The molecule has 0 atom stereocenters. The van der Waals surface area contributed by atoms with Crippen molar-refractivity contribution in [3.63, 3.8) is 0 Å². The molecule has 1 heterocycles. The van der Waals surface area contributed by atoms with Gasteiger partial charge in [0.2, 0.25) is 5.91 Å². The van der Waals surface area contributed by atoms with Gasteiger partial charge in [0.25, 0.3) is 5.91 Å². The van der Waals surface area contributed by atoms with Crippen molar-refractivity contribution in [2.75, 3.05) is 30.3 Å². The molecule has 1 aliphatic rings. The molecule has 1 aliphatic heterocycles. The Morgan fingerprint density at radius 1 is 0.926 bits per heavy atom. The van der Waals surface area contributed by atoms with Crippen molar-refractivity contribution in [1.82, 2.24) is 4.90 Å². The normalized spacial score (nSPS) is 14.3. The maximum atomic E-state index is 12.6. The first-order chi connectivity index (χ1) is 13.1. The van der Waals surface area contributed by atoms with E-state index in [1.54, 1.807) is 12.1 Å². The van der Waals surface area contributed by atoms with Gasteiger partial charge < -0.3 is 15.5 Å². The lowest BCUT2D eigenvalue weighted by Crippen LogP contribution is -2.31. The standard InChI is InChI=1S/C21H24ClN3O2/c22-18-7-3-4-8-19(18)24-20(26)15-23-17-11-9-16(10-12-17)21(27)25-13-5-1-2-6-14-25/h3-4,7-12,23H,1-2,5-6,13-15H2,(H,24,26). The lowest BCUT2D eigenvalue weighted by molar-refractivity contribution is -0.114. The van der Waals surface area contributed by atoms with Crippen molar-refractivity contribution in [3.8, 4) is 0 Å². The smallest absolute Gasteiger partial charge is 0.253 e. The van der Waals surface area contributed by atoms with Crippen LogP contribution in [0.1, 0.15) is 36.0 Å². The molecule has 2 amide bonds. The van der Waals surface area contributed by atoms with Gasteiger partial charge in [-0.2, -0.15) is 0 Å². The van der Waals surface area contributed by atoms with Crippen LogP contribution in [0.2, 0.25) is 5.02 Å². The van der Waals surface area contributed by atoms with Crippen LogP contribution in [-0.2, 0) is 4.79 Å². The molecule has 3 rings (SSSR count). The predicted molar refractivity (Wildman–Crippen MR) is 109 cm³/mol. The fourth-order valence-electron chi connectivity index (χ4n) is 3.13. The van der Waals surface area contributed by atoms with E-state index in [2.05, 4.69) is 10.6 Å². The van der Waals surface area contributed by atoms with E-state index in [4.69, 9.17) is 11.6 Å². The molecule has 27 heavy (non-hydrogen) atoms. The van der Waals surface area contributed by atoms with Crippen molar-refractivity contribution in [1.29, 1.82) is 0 Å². The average molecular weight is 386 g/mol. The molecule has 0 radical (unpaired) electrons. The molecule has 2 N–H and O–H groups in total. The van der Waals surface area contributed by atoms with Gasteiger partial charge in [-0.25, -0.2) is 0 Å². The van der Waals surface area contributed by atoms with Gasteiger partial charge in [0, 0.05) is 24.3 Å². The third-order valence-electron chi connectivity index (χ3n) is 4.63. The van der Waals surface area contributed by atoms with E-state index in [9.17, 15) is 9.59 Å². The Balaban J connectivity index is 1.52.